The molecular weight excluding hydrogens is 338 g/mol. The van der Waals surface area contributed by atoms with Crippen molar-refractivity contribution in [2.75, 3.05) is 32.1 Å². The molecule has 8 heteroatoms. The van der Waals surface area contributed by atoms with Crippen LogP contribution in [0.1, 0.15) is 38.7 Å². The van der Waals surface area contributed by atoms with Crippen LogP contribution in [-0.4, -0.2) is 55.9 Å². The average molecular weight is 370 g/mol. The van der Waals surface area contributed by atoms with Gasteiger partial charge in [-0.1, -0.05) is 20.8 Å². The third kappa shape index (κ3) is 4.89. The third-order valence-electron chi connectivity index (χ3n) is 4.69. The molecule has 1 N–H and O–H groups in total. The highest BCUT2D eigenvalue weighted by Crippen LogP contribution is 2.28. The number of hydrogen-bond donors (Lipinski definition) is 1. The van der Waals surface area contributed by atoms with Crippen molar-refractivity contribution in [3.8, 4) is 0 Å². The van der Waals surface area contributed by atoms with Crippen LogP contribution in [0.25, 0.3) is 0 Å². The van der Waals surface area contributed by atoms with Gasteiger partial charge in [0.2, 0.25) is 0 Å². The summed E-state index contributed by atoms with van der Waals surface area (Å²) in [5, 5.41) is 0. The Labute approximate surface area is 152 Å². The Bertz CT molecular complexity index is 690. The maximum absolute atomic E-state index is 12.3. The molecule has 1 aliphatic rings. The van der Waals surface area contributed by atoms with Crippen molar-refractivity contribution in [2.45, 2.75) is 46.6 Å². The summed E-state index contributed by atoms with van der Waals surface area (Å²) in [5.74, 6) is 2.36. The van der Waals surface area contributed by atoms with Crippen LogP contribution in [0.3, 0.4) is 0 Å². The summed E-state index contributed by atoms with van der Waals surface area (Å²) in [6.07, 6.45) is 1.86. The topological polar surface area (TPSA) is 78.4 Å². The van der Waals surface area contributed by atoms with Gasteiger partial charge in [0.25, 0.3) is 10.2 Å². The largest absolute Gasteiger partial charge is 0.355 e. The smallest absolute Gasteiger partial charge is 0.279 e. The summed E-state index contributed by atoms with van der Waals surface area (Å²) in [6.45, 7) is 9.78. The molecule has 0 unspecified atom stereocenters. The lowest BCUT2D eigenvalue weighted by Gasteiger charge is -2.24. The van der Waals surface area contributed by atoms with Gasteiger partial charge in [-0.05, 0) is 25.2 Å². The van der Waals surface area contributed by atoms with Gasteiger partial charge in [0.05, 0.1) is 0 Å². The molecule has 25 heavy (non-hydrogen) atoms. The van der Waals surface area contributed by atoms with Gasteiger partial charge in [-0.3, -0.25) is 0 Å². The van der Waals surface area contributed by atoms with Crippen LogP contribution in [-0.2, 0) is 16.6 Å². The highest BCUT2D eigenvalue weighted by atomic mass is 32.2. The molecule has 1 saturated heterocycles. The number of anilines is 1. The quantitative estimate of drug-likeness (QED) is 0.790. The third-order valence-corrected chi connectivity index (χ3v) is 6.25. The number of nitrogens with one attached hydrogen (secondary N) is 1. The van der Waals surface area contributed by atoms with Crippen LogP contribution in [0.2, 0.25) is 0 Å². The highest BCUT2D eigenvalue weighted by molar-refractivity contribution is 7.87. The molecule has 142 valence electrons. The molecule has 0 bridgehead atoms. The van der Waals surface area contributed by atoms with Gasteiger partial charge in [0.1, 0.15) is 11.6 Å². The van der Waals surface area contributed by atoms with Crippen LogP contribution in [0, 0.1) is 18.8 Å². The van der Waals surface area contributed by atoms with E-state index in [2.05, 4.69) is 35.4 Å². The first-order valence-corrected chi connectivity index (χ1v) is 10.4. The van der Waals surface area contributed by atoms with E-state index >= 15 is 0 Å². The first-order valence-electron chi connectivity index (χ1n) is 8.93. The van der Waals surface area contributed by atoms with Crippen molar-refractivity contribution < 1.29 is 8.42 Å². The van der Waals surface area contributed by atoms with Crippen LogP contribution in [0.4, 0.5) is 5.82 Å². The molecule has 0 saturated carbocycles. The fourth-order valence-corrected chi connectivity index (χ4v) is 4.07. The van der Waals surface area contributed by atoms with Crippen molar-refractivity contribution in [3.05, 3.63) is 17.6 Å². The zero-order chi connectivity index (χ0) is 18.8. The minimum atomic E-state index is -3.45. The van der Waals surface area contributed by atoms with E-state index in [0.717, 1.165) is 36.7 Å². The Hall–Kier alpha value is -1.25. The van der Waals surface area contributed by atoms with Crippen LogP contribution in [0.15, 0.2) is 6.07 Å². The van der Waals surface area contributed by atoms with E-state index in [0.29, 0.717) is 12.5 Å². The lowest BCUT2D eigenvalue weighted by molar-refractivity contribution is 0.358. The normalized spacial score (nSPS) is 21.5. The highest BCUT2D eigenvalue weighted by Gasteiger charge is 2.38. The zero-order valence-corrected chi connectivity index (χ0v) is 17.0. The Kier molecular flexibility index (Phi) is 6.40. The minimum Gasteiger partial charge on any atom is -0.355 e. The van der Waals surface area contributed by atoms with E-state index in [9.17, 15) is 8.42 Å². The number of nitrogens with zero attached hydrogens (tertiary/aromatic N) is 4. The van der Waals surface area contributed by atoms with Crippen LogP contribution < -0.4 is 9.62 Å². The molecule has 0 spiro atoms. The number of hydrogen-bond acceptors (Lipinski definition) is 5. The van der Waals surface area contributed by atoms with E-state index in [-0.39, 0.29) is 12.0 Å². The summed E-state index contributed by atoms with van der Waals surface area (Å²) in [4.78, 5) is 11.4. The standard InChI is InChI=1S/C17H31N5O2S/c1-7-8-16-18-13(4)9-17(19-16)22-10-14(12(2)3)15(11-22)20-25(23,24)21(5)6/h9,12,14-15,20H,7-8,10-11H2,1-6H3/t14-,15+/m0/s1. The molecule has 1 aromatic rings. The fraction of sp³-hybridized carbons (Fsp3) is 0.765. The molecule has 0 radical (unpaired) electrons. The Balaban J connectivity index is 2.25. The van der Waals surface area contributed by atoms with E-state index in [4.69, 9.17) is 4.98 Å². The summed E-state index contributed by atoms with van der Waals surface area (Å²) in [5.41, 5.74) is 0.951. The van der Waals surface area contributed by atoms with Gasteiger partial charge in [0, 0.05) is 51.4 Å². The molecule has 0 aromatic carbocycles. The molecule has 2 rings (SSSR count). The lowest BCUT2D eigenvalue weighted by Crippen LogP contribution is -2.46. The Morgan fingerprint density at radius 3 is 2.56 bits per heavy atom. The van der Waals surface area contributed by atoms with Gasteiger partial charge < -0.3 is 4.90 Å². The molecule has 2 heterocycles. The number of rotatable bonds is 7. The summed E-state index contributed by atoms with van der Waals surface area (Å²) < 4.78 is 28.6. The van der Waals surface area contributed by atoms with Crippen molar-refractivity contribution in [1.29, 1.82) is 0 Å². The van der Waals surface area contributed by atoms with Crippen LogP contribution >= 0.6 is 0 Å². The van der Waals surface area contributed by atoms with E-state index in [1.165, 1.54) is 4.31 Å². The molecule has 0 aliphatic carbocycles. The summed E-state index contributed by atoms with van der Waals surface area (Å²) in [6, 6.07) is 1.86. The second kappa shape index (κ2) is 7.97. The van der Waals surface area contributed by atoms with E-state index < -0.39 is 10.2 Å². The van der Waals surface area contributed by atoms with E-state index in [1.807, 2.05) is 13.0 Å². The maximum Gasteiger partial charge on any atom is 0.279 e. The number of aromatic nitrogens is 2. The van der Waals surface area contributed by atoms with Gasteiger partial charge in [-0.25, -0.2) is 9.97 Å². The fourth-order valence-electron chi connectivity index (χ4n) is 3.22. The molecule has 1 aliphatic heterocycles. The number of aryl methyl sites for hydroxylation is 2. The SMILES string of the molecule is CCCc1nc(C)cc(N2C[C@@H](NS(=O)(=O)N(C)C)[C@H](C(C)C)C2)n1. The second-order valence-corrected chi connectivity index (χ2v) is 9.27. The average Bonchev–Trinajstić information content (AvgIpc) is 2.90. The minimum absolute atomic E-state index is 0.128. The zero-order valence-electron chi connectivity index (χ0n) is 16.2. The Morgan fingerprint density at radius 2 is 2.00 bits per heavy atom. The lowest BCUT2D eigenvalue weighted by atomic mass is 9.92. The molecule has 7 nitrogen and oxygen atoms in total. The molecular formula is C17H31N5O2S. The van der Waals surface area contributed by atoms with Gasteiger partial charge in [0.15, 0.2) is 0 Å². The molecule has 1 fully saturated rings. The van der Waals surface area contributed by atoms with Gasteiger partial charge in [-0.15, -0.1) is 0 Å². The van der Waals surface area contributed by atoms with Gasteiger partial charge >= 0.3 is 0 Å². The summed E-state index contributed by atoms with van der Waals surface area (Å²) in [7, 11) is -0.363. The first kappa shape index (κ1) is 20.1. The van der Waals surface area contributed by atoms with Crippen molar-refractivity contribution >= 4 is 16.0 Å². The molecule has 0 amide bonds. The first-order chi connectivity index (χ1) is 11.6. The summed E-state index contributed by atoms with van der Waals surface area (Å²) >= 11 is 0. The monoisotopic (exact) mass is 369 g/mol. The molecule has 2 atom stereocenters. The van der Waals surface area contributed by atoms with Crippen LogP contribution in [0.5, 0.6) is 0 Å². The maximum atomic E-state index is 12.3. The second-order valence-electron chi connectivity index (χ2n) is 7.36. The molecule has 1 aromatic heterocycles. The van der Waals surface area contributed by atoms with Gasteiger partial charge in [-0.2, -0.15) is 17.4 Å². The predicted octanol–water partition coefficient (Wildman–Crippen LogP) is 1.59. The van der Waals surface area contributed by atoms with Crippen molar-refractivity contribution in [3.63, 3.8) is 0 Å². The predicted molar refractivity (Wildman–Crippen MR) is 101 cm³/mol. The van der Waals surface area contributed by atoms with Crippen molar-refractivity contribution in [1.82, 2.24) is 19.0 Å². The van der Waals surface area contributed by atoms with Crippen molar-refractivity contribution in [2.24, 2.45) is 11.8 Å². The van der Waals surface area contributed by atoms with E-state index in [1.54, 1.807) is 14.1 Å². The Morgan fingerprint density at radius 1 is 1.32 bits per heavy atom.